The Balaban J connectivity index is 1.32. The Kier molecular flexibility index (Phi) is 7.15. The number of carbonyl (C=O) groups is 5. The molecule has 1 atom stereocenters. The van der Waals surface area contributed by atoms with Gasteiger partial charge in [-0.25, -0.2) is 0 Å². The minimum absolute atomic E-state index is 0.199. The van der Waals surface area contributed by atoms with Gasteiger partial charge in [0.25, 0.3) is 11.8 Å². The predicted molar refractivity (Wildman–Crippen MR) is 128 cm³/mol. The molecule has 1 saturated heterocycles. The third-order valence-electron chi connectivity index (χ3n) is 5.91. The number of ether oxygens (including phenoxy) is 1. The van der Waals surface area contributed by atoms with Crippen LogP contribution in [0.3, 0.4) is 0 Å². The van der Waals surface area contributed by atoms with Crippen LogP contribution < -0.4 is 15.4 Å². The highest BCUT2D eigenvalue weighted by atomic mass is 16.5. The first-order chi connectivity index (χ1) is 17.2. The lowest BCUT2D eigenvalue weighted by Crippen LogP contribution is -2.52. The molecule has 1 unspecified atom stereocenters. The third kappa shape index (κ3) is 5.61. The monoisotopic (exact) mass is 487 g/mol. The highest BCUT2D eigenvalue weighted by Gasteiger charge is 2.39. The van der Waals surface area contributed by atoms with E-state index in [9.17, 15) is 24.0 Å². The van der Waals surface area contributed by atoms with E-state index in [2.05, 4.69) is 22.5 Å². The van der Waals surface area contributed by atoms with Crippen molar-refractivity contribution < 1.29 is 28.7 Å². The van der Waals surface area contributed by atoms with Gasteiger partial charge in [-0.1, -0.05) is 31.9 Å². The molecule has 2 heterocycles. The van der Waals surface area contributed by atoms with Crippen molar-refractivity contribution >= 4 is 29.6 Å². The molecule has 2 aliphatic heterocycles. The number of esters is 1. The fourth-order valence-electron chi connectivity index (χ4n) is 3.93. The zero-order valence-electron chi connectivity index (χ0n) is 19.9. The van der Waals surface area contributed by atoms with Crippen LogP contribution in [0.15, 0.2) is 42.5 Å². The summed E-state index contributed by atoms with van der Waals surface area (Å²) in [6, 6.07) is 11.1. The van der Waals surface area contributed by atoms with Crippen LogP contribution in [0.1, 0.15) is 53.7 Å². The number of rotatable bonds is 5. The Morgan fingerprint density at radius 2 is 1.89 bits per heavy atom. The van der Waals surface area contributed by atoms with E-state index in [1.807, 2.05) is 6.07 Å². The zero-order valence-corrected chi connectivity index (χ0v) is 19.9. The van der Waals surface area contributed by atoms with Gasteiger partial charge in [-0.3, -0.25) is 29.3 Å². The average Bonchev–Trinajstić information content (AvgIpc) is 3.17. The van der Waals surface area contributed by atoms with E-state index in [1.165, 1.54) is 4.90 Å². The van der Waals surface area contributed by atoms with Crippen molar-refractivity contribution in [1.82, 2.24) is 15.5 Å². The second-order valence-corrected chi connectivity index (χ2v) is 8.92. The Hall–Kier alpha value is -4.45. The van der Waals surface area contributed by atoms with E-state index in [4.69, 9.17) is 4.74 Å². The van der Waals surface area contributed by atoms with E-state index in [0.717, 1.165) is 11.1 Å². The molecule has 9 heteroatoms. The highest BCUT2D eigenvalue weighted by Crippen LogP contribution is 2.28. The van der Waals surface area contributed by atoms with Crippen LogP contribution in [-0.4, -0.2) is 40.5 Å². The van der Waals surface area contributed by atoms with E-state index in [1.54, 1.807) is 50.2 Å². The molecule has 1 fully saturated rings. The van der Waals surface area contributed by atoms with Gasteiger partial charge >= 0.3 is 5.97 Å². The van der Waals surface area contributed by atoms with Gasteiger partial charge in [-0.15, -0.1) is 0 Å². The van der Waals surface area contributed by atoms with Crippen molar-refractivity contribution in [3.05, 3.63) is 64.7 Å². The lowest BCUT2D eigenvalue weighted by molar-refractivity contribution is -0.138. The van der Waals surface area contributed by atoms with Crippen molar-refractivity contribution in [2.24, 2.45) is 5.92 Å². The third-order valence-corrected chi connectivity index (χ3v) is 5.91. The summed E-state index contributed by atoms with van der Waals surface area (Å²) < 4.78 is 5.21. The number of nitrogens with zero attached hydrogens (tertiary/aromatic N) is 1. The molecular weight excluding hydrogens is 462 g/mol. The summed E-state index contributed by atoms with van der Waals surface area (Å²) in [5, 5.41) is 5.01. The summed E-state index contributed by atoms with van der Waals surface area (Å²) in [6.45, 7) is 3.99. The van der Waals surface area contributed by atoms with Gasteiger partial charge in [0.1, 0.15) is 11.8 Å². The number of piperidine rings is 1. The number of amides is 4. The number of hydrogen-bond donors (Lipinski definition) is 2. The fraction of sp³-hybridized carbons (Fsp3) is 0.296. The fourth-order valence-corrected chi connectivity index (χ4v) is 3.93. The molecule has 2 aromatic carbocycles. The Morgan fingerprint density at radius 3 is 2.58 bits per heavy atom. The van der Waals surface area contributed by atoms with Crippen LogP contribution in [0, 0.1) is 17.8 Å². The summed E-state index contributed by atoms with van der Waals surface area (Å²) >= 11 is 0. The summed E-state index contributed by atoms with van der Waals surface area (Å²) in [5.74, 6) is 3.65. The van der Waals surface area contributed by atoms with Crippen molar-refractivity contribution in [2.45, 2.75) is 45.8 Å². The molecule has 0 radical (unpaired) electrons. The van der Waals surface area contributed by atoms with Crippen molar-refractivity contribution in [1.29, 1.82) is 0 Å². The molecule has 0 saturated carbocycles. The number of fused-ring (bicyclic) bond motifs is 1. The molecule has 184 valence electrons. The van der Waals surface area contributed by atoms with Crippen LogP contribution in [0.5, 0.6) is 5.75 Å². The topological polar surface area (TPSA) is 122 Å². The van der Waals surface area contributed by atoms with Gasteiger partial charge in [0.2, 0.25) is 11.8 Å². The normalized spacial score (nSPS) is 16.7. The Morgan fingerprint density at radius 1 is 1.14 bits per heavy atom. The average molecular weight is 488 g/mol. The maximum Gasteiger partial charge on any atom is 0.313 e. The van der Waals surface area contributed by atoms with E-state index in [0.29, 0.717) is 23.3 Å². The first-order valence-electron chi connectivity index (χ1n) is 11.6. The summed E-state index contributed by atoms with van der Waals surface area (Å²) in [5.41, 5.74) is 2.66. The Bertz CT molecular complexity index is 1300. The molecule has 2 aliphatic rings. The largest absolute Gasteiger partial charge is 0.426 e. The Labute approximate surface area is 208 Å². The SMILES string of the molecule is CC(C)C(=O)Oc1ccc(C#CC(=O)NCc2ccc3c(c2)CN(C2CCC(=O)NC2=O)C3=O)cc1. The number of imide groups is 1. The minimum Gasteiger partial charge on any atom is -0.426 e. The van der Waals surface area contributed by atoms with Gasteiger partial charge in [-0.05, 0) is 47.9 Å². The van der Waals surface area contributed by atoms with Gasteiger partial charge < -0.3 is 15.0 Å². The molecule has 0 aromatic heterocycles. The summed E-state index contributed by atoms with van der Waals surface area (Å²) in [4.78, 5) is 61.7. The smallest absolute Gasteiger partial charge is 0.313 e. The predicted octanol–water partition coefficient (Wildman–Crippen LogP) is 1.68. The van der Waals surface area contributed by atoms with Crippen LogP contribution in [0.4, 0.5) is 0 Å². The molecule has 0 bridgehead atoms. The summed E-state index contributed by atoms with van der Waals surface area (Å²) in [7, 11) is 0. The molecule has 9 nitrogen and oxygen atoms in total. The maximum atomic E-state index is 12.8. The van der Waals surface area contributed by atoms with Gasteiger partial charge in [-0.2, -0.15) is 0 Å². The molecule has 4 rings (SSSR count). The van der Waals surface area contributed by atoms with Crippen molar-refractivity contribution in [3.8, 4) is 17.6 Å². The summed E-state index contributed by atoms with van der Waals surface area (Å²) in [6.07, 6.45) is 0.502. The van der Waals surface area contributed by atoms with Gasteiger partial charge in [0.05, 0.1) is 5.92 Å². The van der Waals surface area contributed by atoms with Gasteiger partial charge in [0, 0.05) is 36.6 Å². The van der Waals surface area contributed by atoms with Crippen molar-refractivity contribution in [2.75, 3.05) is 0 Å². The molecule has 36 heavy (non-hydrogen) atoms. The number of carbonyl (C=O) groups excluding carboxylic acids is 5. The lowest BCUT2D eigenvalue weighted by atomic mass is 10.0. The molecule has 2 aromatic rings. The quantitative estimate of drug-likeness (QED) is 0.286. The molecule has 0 aliphatic carbocycles. The second-order valence-electron chi connectivity index (χ2n) is 8.92. The molecule has 0 spiro atoms. The van der Waals surface area contributed by atoms with Crippen LogP contribution >= 0.6 is 0 Å². The highest BCUT2D eigenvalue weighted by molar-refractivity contribution is 6.05. The first kappa shape index (κ1) is 24.7. The first-order valence-corrected chi connectivity index (χ1v) is 11.6. The number of hydrogen-bond acceptors (Lipinski definition) is 6. The second kappa shape index (κ2) is 10.4. The lowest BCUT2D eigenvalue weighted by Gasteiger charge is -2.29. The van der Waals surface area contributed by atoms with E-state index < -0.39 is 17.9 Å². The van der Waals surface area contributed by atoms with Crippen LogP contribution in [-0.2, 0) is 32.3 Å². The minimum atomic E-state index is -0.669. The standard InChI is InChI=1S/C27H25N3O6/c1-16(2)27(35)36-20-7-3-17(4-8-20)6-11-23(31)28-14-18-5-9-21-19(13-18)15-30(26(21)34)22-10-12-24(32)29-25(22)33/h3-5,7-9,13,16,22H,10,12,14-15H2,1-2H3,(H,28,31)(H,29,32,33). The zero-order chi connectivity index (χ0) is 25.8. The molecule has 4 amide bonds. The molecule has 2 N–H and O–H groups in total. The van der Waals surface area contributed by atoms with E-state index in [-0.39, 0.29) is 43.2 Å². The van der Waals surface area contributed by atoms with Gasteiger partial charge in [0.15, 0.2) is 0 Å². The maximum absolute atomic E-state index is 12.8. The van der Waals surface area contributed by atoms with Crippen LogP contribution in [0.2, 0.25) is 0 Å². The van der Waals surface area contributed by atoms with Crippen molar-refractivity contribution in [3.63, 3.8) is 0 Å². The van der Waals surface area contributed by atoms with E-state index >= 15 is 0 Å². The number of benzene rings is 2. The number of nitrogens with one attached hydrogen (secondary N) is 2. The molecular formula is C27H25N3O6. The van der Waals surface area contributed by atoms with Crippen LogP contribution in [0.25, 0.3) is 0 Å².